The highest BCUT2D eigenvalue weighted by Crippen LogP contribution is 2.13. The second-order valence-electron chi connectivity index (χ2n) is 4.07. The maximum absolute atomic E-state index is 5.96. The van der Waals surface area contributed by atoms with E-state index in [0.717, 1.165) is 31.7 Å². The van der Waals surface area contributed by atoms with Crippen molar-refractivity contribution in [1.29, 1.82) is 0 Å². The fourth-order valence-electron chi connectivity index (χ4n) is 1.89. The highest BCUT2D eigenvalue weighted by molar-refractivity contribution is 6.30. The molecule has 1 aromatic heterocycles. The normalized spacial score (nSPS) is 19.7. The monoisotopic (exact) mass is 276 g/mol. The van der Waals surface area contributed by atoms with Crippen LogP contribution in [0, 0.1) is 0 Å². The third-order valence-corrected chi connectivity index (χ3v) is 3.14. The van der Waals surface area contributed by atoms with Crippen molar-refractivity contribution in [2.45, 2.75) is 31.9 Å². The molecule has 1 aliphatic rings. The molecule has 0 radical (unpaired) electrons. The highest BCUT2D eigenvalue weighted by Gasteiger charge is 2.13. The van der Waals surface area contributed by atoms with Gasteiger partial charge in [-0.25, -0.2) is 4.98 Å². The largest absolute Gasteiger partial charge is 0.377 e. The van der Waals surface area contributed by atoms with Crippen molar-refractivity contribution in [2.75, 3.05) is 13.2 Å². The van der Waals surface area contributed by atoms with Crippen LogP contribution in [0.5, 0.6) is 0 Å². The molecule has 1 unspecified atom stereocenters. The van der Waals surface area contributed by atoms with Gasteiger partial charge >= 0.3 is 0 Å². The van der Waals surface area contributed by atoms with Crippen LogP contribution in [0.1, 0.15) is 24.8 Å². The maximum Gasteiger partial charge on any atom is 0.133 e. The Hall–Kier alpha value is -0.350. The van der Waals surface area contributed by atoms with Gasteiger partial charge in [0, 0.05) is 31.5 Å². The molecule has 0 saturated carbocycles. The van der Waals surface area contributed by atoms with Crippen LogP contribution in [0.2, 0.25) is 5.15 Å². The SMILES string of the molecule is Cl.Clc1ncccc1CNCC1CCCCO1. The number of nitrogens with zero attached hydrogens (tertiary/aromatic N) is 1. The third kappa shape index (κ3) is 4.80. The fraction of sp³-hybridized carbons (Fsp3) is 0.583. The van der Waals surface area contributed by atoms with E-state index in [1.165, 1.54) is 12.8 Å². The zero-order valence-electron chi connectivity index (χ0n) is 9.69. The van der Waals surface area contributed by atoms with Crippen LogP contribution >= 0.6 is 24.0 Å². The van der Waals surface area contributed by atoms with E-state index in [4.69, 9.17) is 16.3 Å². The minimum Gasteiger partial charge on any atom is -0.377 e. The average molecular weight is 277 g/mol. The third-order valence-electron chi connectivity index (χ3n) is 2.80. The van der Waals surface area contributed by atoms with Crippen LogP contribution in [-0.4, -0.2) is 24.2 Å². The molecule has 2 rings (SSSR count). The van der Waals surface area contributed by atoms with Crippen LogP contribution in [0.4, 0.5) is 0 Å². The molecular formula is C12H18Cl2N2O. The minimum atomic E-state index is 0. The first-order valence-electron chi connectivity index (χ1n) is 5.78. The lowest BCUT2D eigenvalue weighted by Crippen LogP contribution is -2.31. The Labute approximate surface area is 113 Å². The van der Waals surface area contributed by atoms with Gasteiger partial charge in [0.15, 0.2) is 0 Å². The van der Waals surface area contributed by atoms with Gasteiger partial charge in [-0.2, -0.15) is 0 Å². The first-order valence-corrected chi connectivity index (χ1v) is 6.16. The van der Waals surface area contributed by atoms with Crippen molar-refractivity contribution in [1.82, 2.24) is 10.3 Å². The summed E-state index contributed by atoms with van der Waals surface area (Å²) in [6.07, 6.45) is 5.71. The minimum absolute atomic E-state index is 0. The number of nitrogens with one attached hydrogen (secondary N) is 1. The van der Waals surface area contributed by atoms with Crippen LogP contribution in [0.25, 0.3) is 0 Å². The Kier molecular flexibility index (Phi) is 6.82. The van der Waals surface area contributed by atoms with Crippen molar-refractivity contribution in [3.63, 3.8) is 0 Å². The van der Waals surface area contributed by atoms with Gasteiger partial charge in [0.1, 0.15) is 5.15 Å². The zero-order valence-corrected chi connectivity index (χ0v) is 11.3. The van der Waals surface area contributed by atoms with Gasteiger partial charge in [0.05, 0.1) is 6.10 Å². The summed E-state index contributed by atoms with van der Waals surface area (Å²) in [5.74, 6) is 0. The number of rotatable bonds is 4. The quantitative estimate of drug-likeness (QED) is 0.859. The molecule has 0 spiro atoms. The van der Waals surface area contributed by atoms with E-state index >= 15 is 0 Å². The Balaban J connectivity index is 0.00000144. The first-order chi connectivity index (χ1) is 7.86. The lowest BCUT2D eigenvalue weighted by Gasteiger charge is -2.22. The van der Waals surface area contributed by atoms with Crippen LogP contribution < -0.4 is 5.32 Å². The van der Waals surface area contributed by atoms with E-state index in [-0.39, 0.29) is 12.4 Å². The van der Waals surface area contributed by atoms with Crippen molar-refractivity contribution >= 4 is 24.0 Å². The number of aromatic nitrogens is 1. The number of hydrogen-bond acceptors (Lipinski definition) is 3. The summed E-state index contributed by atoms with van der Waals surface area (Å²) < 4.78 is 5.64. The molecule has 2 heterocycles. The van der Waals surface area contributed by atoms with Gasteiger partial charge in [-0.3, -0.25) is 0 Å². The molecule has 0 aliphatic carbocycles. The molecule has 3 nitrogen and oxygen atoms in total. The van der Waals surface area contributed by atoms with E-state index in [1.54, 1.807) is 6.20 Å². The summed E-state index contributed by atoms with van der Waals surface area (Å²) in [7, 11) is 0. The van der Waals surface area contributed by atoms with Crippen molar-refractivity contribution in [3.05, 3.63) is 29.0 Å². The van der Waals surface area contributed by atoms with E-state index in [2.05, 4.69) is 10.3 Å². The lowest BCUT2D eigenvalue weighted by atomic mass is 10.1. The van der Waals surface area contributed by atoms with Crippen molar-refractivity contribution in [2.24, 2.45) is 0 Å². The smallest absolute Gasteiger partial charge is 0.133 e. The van der Waals surface area contributed by atoms with Gasteiger partial charge in [-0.1, -0.05) is 17.7 Å². The summed E-state index contributed by atoms with van der Waals surface area (Å²) in [5.41, 5.74) is 1.04. The molecule has 1 fully saturated rings. The summed E-state index contributed by atoms with van der Waals surface area (Å²) in [4.78, 5) is 4.04. The van der Waals surface area contributed by atoms with Gasteiger partial charge in [-0.05, 0) is 25.3 Å². The van der Waals surface area contributed by atoms with E-state index in [1.807, 2.05) is 12.1 Å². The Morgan fingerprint density at radius 1 is 1.47 bits per heavy atom. The molecule has 0 amide bonds. The van der Waals surface area contributed by atoms with Gasteiger partial charge in [-0.15, -0.1) is 12.4 Å². The van der Waals surface area contributed by atoms with Crippen LogP contribution in [-0.2, 0) is 11.3 Å². The Morgan fingerprint density at radius 2 is 2.35 bits per heavy atom. The first kappa shape index (κ1) is 14.7. The van der Waals surface area contributed by atoms with E-state index < -0.39 is 0 Å². The molecule has 1 atom stereocenters. The highest BCUT2D eigenvalue weighted by atomic mass is 35.5. The van der Waals surface area contributed by atoms with Crippen molar-refractivity contribution < 1.29 is 4.74 Å². The predicted molar refractivity (Wildman–Crippen MR) is 71.8 cm³/mol. The number of hydrogen-bond donors (Lipinski definition) is 1. The summed E-state index contributed by atoms with van der Waals surface area (Å²) in [6.45, 7) is 2.55. The maximum atomic E-state index is 5.96. The molecule has 17 heavy (non-hydrogen) atoms. The number of pyridine rings is 1. The summed E-state index contributed by atoms with van der Waals surface area (Å²) in [5, 5.41) is 3.95. The summed E-state index contributed by atoms with van der Waals surface area (Å²) >= 11 is 5.96. The van der Waals surface area contributed by atoms with Crippen LogP contribution in [0.15, 0.2) is 18.3 Å². The predicted octanol–water partition coefficient (Wildman–Crippen LogP) is 2.82. The second-order valence-corrected chi connectivity index (χ2v) is 4.43. The number of ether oxygens (including phenoxy) is 1. The molecule has 5 heteroatoms. The Bertz CT molecular complexity index is 330. The second kappa shape index (κ2) is 7.88. The molecule has 1 aliphatic heterocycles. The number of halogens is 2. The summed E-state index contributed by atoms with van der Waals surface area (Å²) in [6, 6.07) is 3.89. The molecular weight excluding hydrogens is 259 g/mol. The van der Waals surface area contributed by atoms with Crippen LogP contribution in [0.3, 0.4) is 0 Å². The van der Waals surface area contributed by atoms with Gasteiger partial charge in [0.25, 0.3) is 0 Å². The van der Waals surface area contributed by atoms with Crippen molar-refractivity contribution in [3.8, 4) is 0 Å². The molecule has 96 valence electrons. The zero-order chi connectivity index (χ0) is 11.2. The Morgan fingerprint density at radius 3 is 3.06 bits per heavy atom. The van der Waals surface area contributed by atoms with Gasteiger partial charge < -0.3 is 10.1 Å². The van der Waals surface area contributed by atoms with E-state index in [9.17, 15) is 0 Å². The fourth-order valence-corrected chi connectivity index (χ4v) is 2.07. The van der Waals surface area contributed by atoms with E-state index in [0.29, 0.717) is 11.3 Å². The standard InChI is InChI=1S/C12H17ClN2O.ClH/c13-12-10(4-3-6-15-12)8-14-9-11-5-1-2-7-16-11;/h3-4,6,11,14H,1-2,5,7-9H2;1H. The molecule has 0 bridgehead atoms. The molecule has 0 aromatic carbocycles. The average Bonchev–Trinajstić information content (AvgIpc) is 2.33. The van der Waals surface area contributed by atoms with Gasteiger partial charge in [0.2, 0.25) is 0 Å². The molecule has 1 aromatic rings. The lowest BCUT2D eigenvalue weighted by molar-refractivity contribution is 0.0168. The topological polar surface area (TPSA) is 34.2 Å². The molecule has 1 saturated heterocycles. The molecule has 1 N–H and O–H groups in total.